The first-order valence-electron chi connectivity index (χ1n) is 9.36. The fourth-order valence-corrected chi connectivity index (χ4v) is 9.52. The van der Waals surface area contributed by atoms with Crippen molar-refractivity contribution < 1.29 is 8.42 Å². The molecule has 5 rings (SSSR count). The zero-order chi connectivity index (χ0) is 18.6. The smallest absolute Gasteiger partial charge is 0.207 e. The first-order valence-corrected chi connectivity index (χ1v) is 12.4. The first kappa shape index (κ1) is 17.4. The summed E-state index contributed by atoms with van der Waals surface area (Å²) in [5.41, 5.74) is 1.56. The average molecular weight is 395 g/mol. The van der Waals surface area contributed by atoms with E-state index in [1.807, 2.05) is 19.1 Å². The van der Waals surface area contributed by atoms with Crippen LogP contribution in [-0.4, -0.2) is 37.1 Å². The monoisotopic (exact) mass is 395 g/mol. The van der Waals surface area contributed by atoms with Gasteiger partial charge in [-0.3, -0.25) is 0 Å². The average Bonchev–Trinajstić information content (AvgIpc) is 3.29. The maximum Gasteiger partial charge on any atom is 0.243 e. The van der Waals surface area contributed by atoms with Gasteiger partial charge in [-0.2, -0.15) is 4.31 Å². The zero-order valence-corrected chi connectivity index (χ0v) is 17.0. The maximum atomic E-state index is 13.1. The molecule has 3 aromatic rings. The van der Waals surface area contributed by atoms with Crippen molar-refractivity contribution in [1.82, 2.24) is 4.31 Å². The topological polar surface area (TPSA) is 37.4 Å². The Balaban J connectivity index is 1.40. The van der Waals surface area contributed by atoms with Gasteiger partial charge >= 0.3 is 0 Å². The third kappa shape index (κ3) is 2.91. The van der Waals surface area contributed by atoms with E-state index in [1.54, 1.807) is 16.4 Å². The Bertz CT molecular complexity index is 1110. The Morgan fingerprint density at radius 3 is 2.41 bits per heavy atom. The second-order valence-electron chi connectivity index (χ2n) is 7.61. The molecule has 0 unspecified atom stereocenters. The second kappa shape index (κ2) is 6.41. The first-order chi connectivity index (χ1) is 13.0. The Morgan fingerprint density at radius 2 is 1.70 bits per heavy atom. The summed E-state index contributed by atoms with van der Waals surface area (Å²) in [6.07, 6.45) is 1.99. The summed E-state index contributed by atoms with van der Waals surface area (Å²) in [7, 11) is -3.66. The summed E-state index contributed by atoms with van der Waals surface area (Å²) in [5, 5.41) is 3.97. The van der Waals surface area contributed by atoms with Gasteiger partial charge in [0.05, 0.1) is 4.90 Å². The van der Waals surface area contributed by atoms with Crippen LogP contribution in [0.1, 0.15) is 12.0 Å². The second-order valence-corrected chi connectivity index (χ2v) is 12.1. The van der Waals surface area contributed by atoms with Crippen LogP contribution in [0.5, 0.6) is 0 Å². The van der Waals surface area contributed by atoms with Gasteiger partial charge in [0, 0.05) is 12.6 Å². The molecule has 5 heteroatoms. The van der Waals surface area contributed by atoms with Crippen molar-refractivity contribution in [3.8, 4) is 0 Å². The lowest BCUT2D eigenvalue weighted by molar-refractivity contribution is 0.408. The number of sulfonamides is 1. The van der Waals surface area contributed by atoms with Gasteiger partial charge < -0.3 is 0 Å². The van der Waals surface area contributed by atoms with Crippen LogP contribution in [0.2, 0.25) is 0 Å². The van der Waals surface area contributed by atoms with Crippen LogP contribution in [0, 0.1) is 6.92 Å². The van der Waals surface area contributed by atoms with Crippen molar-refractivity contribution in [3.63, 3.8) is 0 Å². The summed E-state index contributed by atoms with van der Waals surface area (Å²) in [6, 6.07) is 22.6. The van der Waals surface area contributed by atoms with Crippen LogP contribution in [0.4, 0.5) is 0 Å². The van der Waals surface area contributed by atoms with E-state index in [0.717, 1.165) is 18.1 Å². The third-order valence-corrected chi connectivity index (χ3v) is 10.8. The Labute approximate surface area is 161 Å². The largest absolute Gasteiger partial charge is 0.243 e. The predicted molar refractivity (Wildman–Crippen MR) is 113 cm³/mol. The lowest BCUT2D eigenvalue weighted by Gasteiger charge is -2.31. The van der Waals surface area contributed by atoms with Gasteiger partial charge in [0.25, 0.3) is 0 Å². The van der Waals surface area contributed by atoms with E-state index in [1.165, 1.54) is 16.1 Å². The molecule has 2 fully saturated rings. The minimum Gasteiger partial charge on any atom is -0.207 e. The highest BCUT2D eigenvalue weighted by Crippen LogP contribution is 2.55. The molecule has 0 radical (unpaired) electrons. The van der Waals surface area contributed by atoms with Crippen molar-refractivity contribution in [2.75, 3.05) is 12.7 Å². The molecule has 3 nitrogen and oxygen atoms in total. The minimum absolute atomic E-state index is 0.152. The quantitative estimate of drug-likeness (QED) is 0.626. The fraction of sp³-hybridized carbons (Fsp3) is 0.273. The molecule has 2 aliphatic heterocycles. The van der Waals surface area contributed by atoms with E-state index in [0.29, 0.717) is 17.1 Å². The Morgan fingerprint density at radius 1 is 0.963 bits per heavy atom. The van der Waals surface area contributed by atoms with Crippen molar-refractivity contribution >= 4 is 34.0 Å². The highest BCUT2D eigenvalue weighted by Gasteiger charge is 2.49. The molecule has 0 saturated carbocycles. The van der Waals surface area contributed by atoms with Gasteiger partial charge in [-0.15, -0.1) is 0 Å². The van der Waals surface area contributed by atoms with Crippen molar-refractivity contribution in [3.05, 3.63) is 72.3 Å². The molecular weight excluding hydrogens is 373 g/mol. The maximum absolute atomic E-state index is 13.1. The number of aryl methyl sites for hydroxylation is 1. The lowest BCUT2D eigenvalue weighted by Crippen LogP contribution is -2.40. The van der Waals surface area contributed by atoms with Gasteiger partial charge in [-0.25, -0.2) is 8.42 Å². The molecule has 2 saturated heterocycles. The van der Waals surface area contributed by atoms with E-state index in [2.05, 4.69) is 42.5 Å². The highest BCUT2D eigenvalue weighted by molar-refractivity contribution is 7.89. The Hall–Kier alpha value is -1.74. The summed E-state index contributed by atoms with van der Waals surface area (Å²) in [6.45, 7) is 2.64. The van der Waals surface area contributed by atoms with Crippen LogP contribution in [-0.2, 0) is 10.0 Å². The molecule has 0 N–H and O–H groups in total. The van der Waals surface area contributed by atoms with E-state index >= 15 is 0 Å². The molecule has 2 heterocycles. The molecule has 0 aromatic heterocycles. The normalized spacial score (nSPS) is 25.3. The van der Waals surface area contributed by atoms with E-state index < -0.39 is 10.0 Å². The number of fused-ring (bicyclic) bond motifs is 3. The summed E-state index contributed by atoms with van der Waals surface area (Å²) < 4.78 is 27.9. The van der Waals surface area contributed by atoms with E-state index in [9.17, 15) is 8.42 Å². The molecule has 2 bridgehead atoms. The number of nitrogens with zero attached hydrogens (tertiary/aromatic N) is 1. The molecule has 3 aromatic carbocycles. The highest BCUT2D eigenvalue weighted by atomic mass is 32.2. The van der Waals surface area contributed by atoms with Crippen molar-refractivity contribution in [2.24, 2.45) is 0 Å². The molecule has 0 aliphatic carbocycles. The van der Waals surface area contributed by atoms with Crippen LogP contribution < -0.4 is 5.30 Å². The van der Waals surface area contributed by atoms with Gasteiger partial charge in [-0.05, 0) is 59.4 Å². The fourth-order valence-electron chi connectivity index (χ4n) is 4.44. The summed E-state index contributed by atoms with van der Waals surface area (Å²) in [4.78, 5) is 0.427. The molecule has 0 amide bonds. The predicted octanol–water partition coefficient (Wildman–Crippen LogP) is 4.10. The zero-order valence-electron chi connectivity index (χ0n) is 15.2. The van der Waals surface area contributed by atoms with Crippen LogP contribution in [0.3, 0.4) is 0 Å². The molecule has 27 heavy (non-hydrogen) atoms. The molecule has 138 valence electrons. The SMILES string of the molecule is Cc1ccc(S(=O)(=O)N2C[C@@H]3C[C@H]2C[P@]3c2ccc3ccccc3c2)cc1. The molecule has 0 spiro atoms. The van der Waals surface area contributed by atoms with Crippen LogP contribution in [0.25, 0.3) is 10.8 Å². The molecule has 3 atom stereocenters. The standard InChI is InChI=1S/C22H22NO2PS/c1-16-6-10-22(11-7-16)27(24,25)23-14-21-13-19(23)15-26(21)20-9-8-17-4-2-3-5-18(17)12-20/h2-12,19,21H,13-15H2,1H3/t19-,21-,26+/m0/s1. The summed E-state index contributed by atoms with van der Waals surface area (Å²) >= 11 is 0. The van der Waals surface area contributed by atoms with Crippen molar-refractivity contribution in [1.29, 1.82) is 0 Å². The van der Waals surface area contributed by atoms with Gasteiger partial charge in [-0.1, -0.05) is 62.0 Å². The lowest BCUT2D eigenvalue weighted by atomic mass is 10.1. The number of rotatable bonds is 3. The summed E-state index contributed by atoms with van der Waals surface area (Å²) in [5.74, 6) is 0. The molecule has 2 aliphatic rings. The number of benzene rings is 3. The van der Waals surface area contributed by atoms with Crippen LogP contribution in [0.15, 0.2) is 71.6 Å². The van der Waals surface area contributed by atoms with Gasteiger partial charge in [0.1, 0.15) is 0 Å². The minimum atomic E-state index is -3.38. The number of hydrogen-bond donors (Lipinski definition) is 0. The van der Waals surface area contributed by atoms with E-state index in [-0.39, 0.29) is 14.0 Å². The van der Waals surface area contributed by atoms with E-state index in [4.69, 9.17) is 0 Å². The number of hydrogen-bond acceptors (Lipinski definition) is 2. The Kier molecular flexibility index (Phi) is 4.12. The van der Waals surface area contributed by atoms with Crippen LogP contribution >= 0.6 is 7.92 Å². The van der Waals surface area contributed by atoms with Crippen molar-refractivity contribution in [2.45, 2.75) is 29.9 Å². The van der Waals surface area contributed by atoms with Gasteiger partial charge in [0.2, 0.25) is 10.0 Å². The third-order valence-electron chi connectivity index (χ3n) is 5.88. The molecular formula is C22H22NO2PS. The van der Waals surface area contributed by atoms with Gasteiger partial charge in [0.15, 0.2) is 0 Å².